The Kier molecular flexibility index (Phi) is 5.71. The number of rotatable bonds is 4. The molecule has 5 heteroatoms. The Morgan fingerprint density at radius 1 is 1.09 bits per heavy atom. The van der Waals surface area contributed by atoms with Crippen LogP contribution in [0.5, 0.6) is 5.75 Å². The zero-order valence-corrected chi connectivity index (χ0v) is 14.3. The first kappa shape index (κ1) is 17.0. The van der Waals surface area contributed by atoms with E-state index in [-0.39, 0.29) is 12.3 Å². The number of hydrogen-bond donors (Lipinski definition) is 2. The lowest BCUT2D eigenvalue weighted by Crippen LogP contribution is -2.35. The Balaban J connectivity index is 1.88. The lowest BCUT2D eigenvalue weighted by molar-refractivity contribution is -0.119. The van der Waals surface area contributed by atoms with Gasteiger partial charge in [0.2, 0.25) is 5.91 Å². The number of amides is 1. The van der Waals surface area contributed by atoms with Crippen LogP contribution >= 0.6 is 12.2 Å². The quantitative estimate of drug-likeness (QED) is 0.845. The lowest BCUT2D eigenvalue weighted by Gasteiger charge is -2.11. The average molecular weight is 328 g/mol. The number of ether oxygens (including phenoxy) is 1. The van der Waals surface area contributed by atoms with Gasteiger partial charge >= 0.3 is 0 Å². The minimum Gasteiger partial charge on any atom is -0.497 e. The summed E-state index contributed by atoms with van der Waals surface area (Å²) in [6.07, 6.45) is 0.263. The summed E-state index contributed by atoms with van der Waals surface area (Å²) < 4.78 is 5.09. The van der Waals surface area contributed by atoms with Gasteiger partial charge in [-0.25, -0.2) is 0 Å². The molecule has 23 heavy (non-hydrogen) atoms. The van der Waals surface area contributed by atoms with E-state index in [0.717, 1.165) is 17.0 Å². The summed E-state index contributed by atoms with van der Waals surface area (Å²) in [5, 5.41) is 6.01. The Morgan fingerprint density at radius 3 is 2.39 bits per heavy atom. The van der Waals surface area contributed by atoms with Gasteiger partial charge in [-0.2, -0.15) is 0 Å². The zero-order chi connectivity index (χ0) is 16.8. The summed E-state index contributed by atoms with van der Waals surface area (Å²) in [4.78, 5) is 12.0. The number of thiocarbonyl (C=S) groups is 1. The molecule has 0 atom stereocenters. The van der Waals surface area contributed by atoms with Crippen molar-refractivity contribution < 1.29 is 9.53 Å². The third-order valence-corrected chi connectivity index (χ3v) is 3.75. The first-order valence-corrected chi connectivity index (χ1v) is 7.70. The molecule has 4 nitrogen and oxygen atoms in total. The highest BCUT2D eigenvalue weighted by molar-refractivity contribution is 7.80. The molecule has 2 aromatic rings. The molecule has 0 saturated carbocycles. The van der Waals surface area contributed by atoms with Crippen molar-refractivity contribution in [3.63, 3.8) is 0 Å². The largest absolute Gasteiger partial charge is 0.497 e. The SMILES string of the molecule is COc1ccc(CC(=O)NC(=S)Nc2ccc(C)c(C)c2)cc1. The molecule has 0 unspecified atom stereocenters. The third kappa shape index (κ3) is 5.07. The van der Waals surface area contributed by atoms with E-state index >= 15 is 0 Å². The normalized spacial score (nSPS) is 10.0. The fraction of sp³-hybridized carbons (Fsp3) is 0.222. The van der Waals surface area contributed by atoms with E-state index in [1.54, 1.807) is 7.11 Å². The second-order valence-electron chi connectivity index (χ2n) is 5.33. The van der Waals surface area contributed by atoms with Crippen LogP contribution in [0.1, 0.15) is 16.7 Å². The Bertz CT molecular complexity index is 711. The fourth-order valence-corrected chi connectivity index (χ4v) is 2.31. The molecular weight excluding hydrogens is 308 g/mol. The molecule has 0 radical (unpaired) electrons. The Hall–Kier alpha value is -2.40. The number of benzene rings is 2. The Labute approximate surface area is 141 Å². The molecule has 0 spiro atoms. The number of carbonyl (C=O) groups excluding carboxylic acids is 1. The van der Waals surface area contributed by atoms with Crippen LogP contribution in [0.3, 0.4) is 0 Å². The molecule has 0 saturated heterocycles. The number of methoxy groups -OCH3 is 1. The number of anilines is 1. The van der Waals surface area contributed by atoms with E-state index in [2.05, 4.69) is 10.6 Å². The molecule has 2 rings (SSSR count). The molecule has 0 bridgehead atoms. The van der Waals surface area contributed by atoms with Gasteiger partial charge in [0.15, 0.2) is 5.11 Å². The predicted molar refractivity (Wildman–Crippen MR) is 97.0 cm³/mol. The summed E-state index contributed by atoms with van der Waals surface area (Å²) in [7, 11) is 1.61. The second-order valence-corrected chi connectivity index (χ2v) is 5.73. The van der Waals surface area contributed by atoms with Gasteiger partial charge in [0, 0.05) is 5.69 Å². The monoisotopic (exact) mass is 328 g/mol. The molecule has 0 fully saturated rings. The second kappa shape index (κ2) is 7.74. The number of hydrogen-bond acceptors (Lipinski definition) is 3. The average Bonchev–Trinajstić information content (AvgIpc) is 2.51. The Morgan fingerprint density at radius 2 is 1.78 bits per heavy atom. The topological polar surface area (TPSA) is 50.4 Å². The van der Waals surface area contributed by atoms with Crippen LogP contribution in [0.2, 0.25) is 0 Å². The fourth-order valence-electron chi connectivity index (χ4n) is 2.08. The molecule has 0 aliphatic heterocycles. The summed E-state index contributed by atoms with van der Waals surface area (Å²) in [6, 6.07) is 13.3. The van der Waals surface area contributed by atoms with Gasteiger partial charge in [0.25, 0.3) is 0 Å². The maximum atomic E-state index is 12.0. The van der Waals surface area contributed by atoms with Crippen molar-refractivity contribution in [1.29, 1.82) is 0 Å². The van der Waals surface area contributed by atoms with Gasteiger partial charge in [0.05, 0.1) is 13.5 Å². The smallest absolute Gasteiger partial charge is 0.230 e. The first-order chi connectivity index (χ1) is 11.0. The molecular formula is C18H20N2O2S. The molecule has 0 heterocycles. The highest BCUT2D eigenvalue weighted by atomic mass is 32.1. The molecule has 0 aliphatic rings. The van der Waals surface area contributed by atoms with E-state index < -0.39 is 0 Å². The van der Waals surface area contributed by atoms with Crippen molar-refractivity contribution >= 4 is 28.9 Å². The maximum absolute atomic E-state index is 12.0. The van der Waals surface area contributed by atoms with Crippen LogP contribution in [0, 0.1) is 13.8 Å². The standard InChI is InChI=1S/C18H20N2O2S/c1-12-4-7-15(10-13(12)2)19-18(23)20-17(21)11-14-5-8-16(22-3)9-6-14/h4-10H,11H2,1-3H3,(H2,19,20,21,23). The minimum absolute atomic E-state index is 0.156. The van der Waals surface area contributed by atoms with Crippen molar-refractivity contribution in [2.24, 2.45) is 0 Å². The van der Waals surface area contributed by atoms with Crippen LogP contribution in [0.25, 0.3) is 0 Å². The van der Waals surface area contributed by atoms with E-state index in [0.29, 0.717) is 5.11 Å². The minimum atomic E-state index is -0.156. The van der Waals surface area contributed by atoms with Gasteiger partial charge in [-0.3, -0.25) is 4.79 Å². The van der Waals surface area contributed by atoms with Crippen molar-refractivity contribution in [3.8, 4) is 5.75 Å². The van der Waals surface area contributed by atoms with E-state index in [1.165, 1.54) is 11.1 Å². The van der Waals surface area contributed by atoms with Crippen molar-refractivity contribution in [2.75, 3.05) is 12.4 Å². The van der Waals surface area contributed by atoms with E-state index in [1.807, 2.05) is 56.3 Å². The van der Waals surface area contributed by atoms with Crippen molar-refractivity contribution in [2.45, 2.75) is 20.3 Å². The van der Waals surface area contributed by atoms with E-state index in [9.17, 15) is 4.79 Å². The number of carbonyl (C=O) groups is 1. The summed E-state index contributed by atoms with van der Waals surface area (Å²) in [5.41, 5.74) is 4.15. The van der Waals surface area contributed by atoms with Crippen LogP contribution in [0.4, 0.5) is 5.69 Å². The first-order valence-electron chi connectivity index (χ1n) is 7.29. The molecule has 2 aromatic carbocycles. The van der Waals surface area contributed by atoms with Crippen LogP contribution in [0.15, 0.2) is 42.5 Å². The van der Waals surface area contributed by atoms with Gasteiger partial charge in [-0.05, 0) is 67.0 Å². The highest BCUT2D eigenvalue weighted by Crippen LogP contribution is 2.14. The van der Waals surface area contributed by atoms with Gasteiger partial charge < -0.3 is 15.4 Å². The van der Waals surface area contributed by atoms with Crippen LogP contribution in [-0.2, 0) is 11.2 Å². The van der Waals surface area contributed by atoms with Crippen LogP contribution in [-0.4, -0.2) is 18.1 Å². The number of nitrogens with one attached hydrogen (secondary N) is 2. The molecule has 0 aliphatic carbocycles. The van der Waals surface area contributed by atoms with Gasteiger partial charge in [-0.15, -0.1) is 0 Å². The number of aryl methyl sites for hydroxylation is 2. The van der Waals surface area contributed by atoms with Gasteiger partial charge in [0.1, 0.15) is 5.75 Å². The highest BCUT2D eigenvalue weighted by Gasteiger charge is 2.07. The van der Waals surface area contributed by atoms with E-state index in [4.69, 9.17) is 17.0 Å². The molecule has 0 aromatic heterocycles. The molecule has 120 valence electrons. The van der Waals surface area contributed by atoms with Crippen LogP contribution < -0.4 is 15.4 Å². The molecule has 2 N–H and O–H groups in total. The summed E-state index contributed by atoms with van der Waals surface area (Å²) in [5.74, 6) is 0.609. The molecule has 1 amide bonds. The summed E-state index contributed by atoms with van der Waals surface area (Å²) >= 11 is 5.18. The zero-order valence-electron chi connectivity index (χ0n) is 13.5. The van der Waals surface area contributed by atoms with Crippen molar-refractivity contribution in [1.82, 2.24) is 5.32 Å². The third-order valence-electron chi connectivity index (χ3n) is 3.54. The predicted octanol–water partition coefficient (Wildman–Crippen LogP) is 3.37. The van der Waals surface area contributed by atoms with Crippen molar-refractivity contribution in [3.05, 3.63) is 59.2 Å². The lowest BCUT2D eigenvalue weighted by atomic mass is 10.1. The summed E-state index contributed by atoms with van der Waals surface area (Å²) in [6.45, 7) is 4.08. The van der Waals surface area contributed by atoms with Gasteiger partial charge in [-0.1, -0.05) is 18.2 Å². The maximum Gasteiger partial charge on any atom is 0.230 e.